The predicted octanol–water partition coefficient (Wildman–Crippen LogP) is 1.04. The summed E-state index contributed by atoms with van der Waals surface area (Å²) in [6.07, 6.45) is 2.16. The first-order valence-corrected chi connectivity index (χ1v) is 8.47. The highest BCUT2D eigenvalue weighted by Gasteiger charge is 2.22. The van der Waals surface area contributed by atoms with E-state index < -0.39 is 0 Å². The second-order valence-corrected chi connectivity index (χ2v) is 6.17. The zero-order valence-corrected chi connectivity index (χ0v) is 15.0. The summed E-state index contributed by atoms with van der Waals surface area (Å²) < 4.78 is 7.04. The SMILES string of the molecule is COc1ccnc(N2CCN(C(=O)CCn3nc(C)cc3C)CC2)n1. The van der Waals surface area contributed by atoms with Crippen LogP contribution in [0.2, 0.25) is 0 Å². The van der Waals surface area contributed by atoms with Gasteiger partial charge in [-0.2, -0.15) is 10.1 Å². The maximum Gasteiger partial charge on any atom is 0.228 e. The van der Waals surface area contributed by atoms with E-state index in [9.17, 15) is 4.79 Å². The number of methoxy groups -OCH3 is 1. The third kappa shape index (κ3) is 4.07. The lowest BCUT2D eigenvalue weighted by atomic mass is 10.3. The average molecular weight is 344 g/mol. The molecule has 1 fully saturated rings. The highest BCUT2D eigenvalue weighted by molar-refractivity contribution is 5.76. The van der Waals surface area contributed by atoms with Gasteiger partial charge in [0.2, 0.25) is 17.7 Å². The Labute approximate surface area is 147 Å². The molecule has 0 radical (unpaired) electrons. The smallest absolute Gasteiger partial charge is 0.228 e. The van der Waals surface area contributed by atoms with Gasteiger partial charge in [-0.1, -0.05) is 0 Å². The molecule has 1 aliphatic heterocycles. The van der Waals surface area contributed by atoms with Crippen molar-refractivity contribution in [1.82, 2.24) is 24.6 Å². The van der Waals surface area contributed by atoms with Gasteiger partial charge < -0.3 is 14.5 Å². The van der Waals surface area contributed by atoms with Gasteiger partial charge in [0.1, 0.15) is 0 Å². The standard InChI is InChI=1S/C17H24N6O2/c1-13-12-14(2)23(20-13)7-5-16(24)21-8-10-22(11-9-21)17-18-6-4-15(19-17)25-3/h4,6,12H,5,7-11H2,1-3H3. The van der Waals surface area contributed by atoms with Crippen molar-refractivity contribution in [3.05, 3.63) is 29.7 Å². The highest BCUT2D eigenvalue weighted by atomic mass is 16.5. The van der Waals surface area contributed by atoms with Gasteiger partial charge in [-0.25, -0.2) is 4.98 Å². The fraction of sp³-hybridized carbons (Fsp3) is 0.529. The molecule has 25 heavy (non-hydrogen) atoms. The number of carbonyl (C=O) groups excluding carboxylic acids is 1. The largest absolute Gasteiger partial charge is 0.481 e. The van der Waals surface area contributed by atoms with Crippen LogP contribution in [0, 0.1) is 13.8 Å². The fourth-order valence-electron chi connectivity index (χ4n) is 3.02. The molecule has 0 unspecified atom stereocenters. The van der Waals surface area contributed by atoms with Gasteiger partial charge in [-0.3, -0.25) is 9.48 Å². The van der Waals surface area contributed by atoms with Gasteiger partial charge in [0.05, 0.1) is 12.8 Å². The van der Waals surface area contributed by atoms with Gasteiger partial charge >= 0.3 is 0 Å². The number of carbonyl (C=O) groups is 1. The van der Waals surface area contributed by atoms with Crippen molar-refractivity contribution in [2.24, 2.45) is 0 Å². The molecule has 3 rings (SSSR count). The Morgan fingerprint density at radius 2 is 2.00 bits per heavy atom. The number of piperazine rings is 1. The zero-order valence-electron chi connectivity index (χ0n) is 15.0. The van der Waals surface area contributed by atoms with E-state index in [2.05, 4.69) is 20.0 Å². The Morgan fingerprint density at radius 3 is 2.64 bits per heavy atom. The molecule has 1 aliphatic rings. The number of ether oxygens (including phenoxy) is 1. The van der Waals surface area contributed by atoms with Crippen LogP contribution in [0.25, 0.3) is 0 Å². The maximum absolute atomic E-state index is 12.4. The number of anilines is 1. The second-order valence-electron chi connectivity index (χ2n) is 6.17. The first-order chi connectivity index (χ1) is 12.1. The number of nitrogens with zero attached hydrogens (tertiary/aromatic N) is 6. The minimum atomic E-state index is 0.166. The molecule has 0 aromatic carbocycles. The van der Waals surface area contributed by atoms with Crippen molar-refractivity contribution < 1.29 is 9.53 Å². The first-order valence-electron chi connectivity index (χ1n) is 8.47. The van der Waals surface area contributed by atoms with E-state index in [0.717, 1.165) is 24.5 Å². The Bertz CT molecular complexity index is 736. The molecule has 3 heterocycles. The molecule has 0 aliphatic carbocycles. The van der Waals surface area contributed by atoms with Crippen LogP contribution in [0.15, 0.2) is 18.3 Å². The lowest BCUT2D eigenvalue weighted by Crippen LogP contribution is -2.49. The monoisotopic (exact) mass is 344 g/mol. The normalized spacial score (nSPS) is 14.7. The van der Waals surface area contributed by atoms with Crippen LogP contribution in [0.1, 0.15) is 17.8 Å². The fourth-order valence-corrected chi connectivity index (χ4v) is 3.02. The number of aromatic nitrogens is 4. The summed E-state index contributed by atoms with van der Waals surface area (Å²) in [6.45, 7) is 7.39. The van der Waals surface area contributed by atoms with Crippen LogP contribution in [0.4, 0.5) is 5.95 Å². The number of amides is 1. The van der Waals surface area contributed by atoms with E-state index >= 15 is 0 Å². The molecule has 1 amide bonds. The Kier molecular flexibility index (Phi) is 5.16. The molecular formula is C17H24N6O2. The molecule has 0 atom stereocenters. The molecular weight excluding hydrogens is 320 g/mol. The van der Waals surface area contributed by atoms with E-state index in [1.165, 1.54) is 0 Å². The predicted molar refractivity (Wildman–Crippen MR) is 93.7 cm³/mol. The summed E-state index contributed by atoms with van der Waals surface area (Å²) in [5.74, 6) is 1.36. The maximum atomic E-state index is 12.4. The Balaban J connectivity index is 1.51. The summed E-state index contributed by atoms with van der Waals surface area (Å²) >= 11 is 0. The highest BCUT2D eigenvalue weighted by Crippen LogP contribution is 2.15. The summed E-state index contributed by atoms with van der Waals surface area (Å²) in [4.78, 5) is 25.1. The minimum absolute atomic E-state index is 0.166. The van der Waals surface area contributed by atoms with Crippen molar-refractivity contribution in [2.45, 2.75) is 26.8 Å². The number of hydrogen-bond acceptors (Lipinski definition) is 6. The molecule has 8 heteroatoms. The van der Waals surface area contributed by atoms with Crippen molar-refractivity contribution in [3.63, 3.8) is 0 Å². The second kappa shape index (κ2) is 7.50. The van der Waals surface area contributed by atoms with Gasteiger partial charge in [-0.05, 0) is 19.9 Å². The summed E-state index contributed by atoms with van der Waals surface area (Å²) in [7, 11) is 1.59. The topological polar surface area (TPSA) is 76.4 Å². The summed E-state index contributed by atoms with van der Waals surface area (Å²) in [5, 5.41) is 4.40. The lowest BCUT2D eigenvalue weighted by Gasteiger charge is -2.34. The van der Waals surface area contributed by atoms with Crippen LogP contribution in [-0.2, 0) is 11.3 Å². The van der Waals surface area contributed by atoms with Gasteiger partial charge in [0.25, 0.3) is 0 Å². The van der Waals surface area contributed by atoms with Gasteiger partial charge in [0, 0.05) is 57.1 Å². The minimum Gasteiger partial charge on any atom is -0.481 e. The molecule has 1 saturated heterocycles. The summed E-state index contributed by atoms with van der Waals surface area (Å²) in [6, 6.07) is 3.75. The number of aryl methyl sites for hydroxylation is 3. The molecule has 0 saturated carbocycles. The summed E-state index contributed by atoms with van der Waals surface area (Å²) in [5.41, 5.74) is 2.07. The molecule has 0 spiro atoms. The van der Waals surface area contributed by atoms with Crippen molar-refractivity contribution in [2.75, 3.05) is 38.2 Å². The molecule has 0 bridgehead atoms. The molecule has 0 N–H and O–H groups in total. The quantitative estimate of drug-likeness (QED) is 0.807. The van der Waals surface area contributed by atoms with Crippen molar-refractivity contribution in [1.29, 1.82) is 0 Å². The van der Waals surface area contributed by atoms with Gasteiger partial charge in [-0.15, -0.1) is 0 Å². The lowest BCUT2D eigenvalue weighted by molar-refractivity contribution is -0.131. The Hall–Kier alpha value is -2.64. The van der Waals surface area contributed by atoms with Crippen LogP contribution in [0.3, 0.4) is 0 Å². The molecule has 134 valence electrons. The first kappa shape index (κ1) is 17.2. The van der Waals surface area contributed by atoms with Crippen molar-refractivity contribution in [3.8, 4) is 5.88 Å². The number of rotatable bonds is 5. The van der Waals surface area contributed by atoms with E-state index in [4.69, 9.17) is 4.74 Å². The average Bonchev–Trinajstić information content (AvgIpc) is 2.97. The van der Waals surface area contributed by atoms with E-state index in [1.807, 2.05) is 29.5 Å². The van der Waals surface area contributed by atoms with Gasteiger partial charge in [0.15, 0.2) is 0 Å². The van der Waals surface area contributed by atoms with Crippen LogP contribution in [0.5, 0.6) is 5.88 Å². The van der Waals surface area contributed by atoms with E-state index in [1.54, 1.807) is 19.4 Å². The third-order valence-electron chi connectivity index (χ3n) is 4.38. The van der Waals surface area contributed by atoms with Crippen LogP contribution in [-0.4, -0.2) is 63.8 Å². The van der Waals surface area contributed by atoms with E-state index in [-0.39, 0.29) is 5.91 Å². The molecule has 2 aromatic rings. The van der Waals surface area contributed by atoms with Crippen LogP contribution < -0.4 is 9.64 Å². The van der Waals surface area contributed by atoms with Crippen molar-refractivity contribution >= 4 is 11.9 Å². The molecule has 8 nitrogen and oxygen atoms in total. The third-order valence-corrected chi connectivity index (χ3v) is 4.38. The zero-order chi connectivity index (χ0) is 17.8. The van der Waals surface area contributed by atoms with E-state index in [0.29, 0.717) is 37.9 Å². The number of hydrogen-bond donors (Lipinski definition) is 0. The molecule has 2 aromatic heterocycles. The van der Waals surface area contributed by atoms with Crippen LogP contribution >= 0.6 is 0 Å². The Morgan fingerprint density at radius 1 is 1.24 bits per heavy atom.